The standard InChI is InChI=1S/C22H25BrN4O/c1-13-17-8-16(22(17,2)3)9-18(13)26-19-11-25-27(21(28)20(19)23)12-15-6-4-14(10-24)5-7-15/h4-7,11,13,16-18,26H,8-9,12H2,1-3H3/t13-,16-,17+,18-/m1/s1. The third-order valence-corrected chi connectivity index (χ3v) is 7.86. The van der Waals surface area contributed by atoms with E-state index in [0.29, 0.717) is 34.0 Å². The van der Waals surface area contributed by atoms with Gasteiger partial charge < -0.3 is 5.32 Å². The largest absolute Gasteiger partial charge is 0.380 e. The highest BCUT2D eigenvalue weighted by Crippen LogP contribution is 2.61. The van der Waals surface area contributed by atoms with E-state index in [9.17, 15) is 4.79 Å². The van der Waals surface area contributed by atoms with E-state index in [1.165, 1.54) is 11.1 Å². The summed E-state index contributed by atoms with van der Waals surface area (Å²) in [5.74, 6) is 2.08. The summed E-state index contributed by atoms with van der Waals surface area (Å²) >= 11 is 3.48. The Morgan fingerprint density at radius 1 is 1.32 bits per heavy atom. The minimum atomic E-state index is -0.150. The predicted octanol–water partition coefficient (Wildman–Crippen LogP) is 4.41. The number of anilines is 1. The van der Waals surface area contributed by atoms with Crippen molar-refractivity contribution in [2.75, 3.05) is 5.32 Å². The fraction of sp³-hybridized carbons (Fsp3) is 0.500. The fourth-order valence-corrected chi connectivity index (χ4v) is 5.50. The first-order valence-corrected chi connectivity index (χ1v) is 10.6. The number of nitrogens with zero attached hydrogens (tertiary/aromatic N) is 3. The summed E-state index contributed by atoms with van der Waals surface area (Å²) in [4.78, 5) is 12.8. The zero-order chi connectivity index (χ0) is 20.1. The van der Waals surface area contributed by atoms with Crippen LogP contribution in [0.3, 0.4) is 0 Å². The summed E-state index contributed by atoms with van der Waals surface area (Å²) in [6.45, 7) is 7.48. The lowest BCUT2D eigenvalue weighted by molar-refractivity contribution is -0.105. The highest BCUT2D eigenvalue weighted by molar-refractivity contribution is 9.10. The third-order valence-electron chi connectivity index (χ3n) is 7.10. The van der Waals surface area contributed by atoms with Crippen LogP contribution in [0.4, 0.5) is 5.69 Å². The van der Waals surface area contributed by atoms with Crippen molar-refractivity contribution in [2.45, 2.75) is 46.2 Å². The molecule has 3 fully saturated rings. The van der Waals surface area contributed by atoms with Crippen LogP contribution in [-0.4, -0.2) is 15.8 Å². The second kappa shape index (κ2) is 7.04. The van der Waals surface area contributed by atoms with E-state index in [-0.39, 0.29) is 5.56 Å². The fourth-order valence-electron chi connectivity index (χ4n) is 5.08. The van der Waals surface area contributed by atoms with Gasteiger partial charge in [-0.25, -0.2) is 4.68 Å². The molecule has 146 valence electrons. The Kier molecular flexibility index (Phi) is 4.83. The first-order valence-electron chi connectivity index (χ1n) is 9.82. The maximum absolute atomic E-state index is 12.8. The lowest BCUT2D eigenvalue weighted by Gasteiger charge is -2.62. The van der Waals surface area contributed by atoms with E-state index < -0.39 is 0 Å². The smallest absolute Gasteiger partial charge is 0.283 e. The van der Waals surface area contributed by atoms with Gasteiger partial charge in [0.15, 0.2) is 0 Å². The highest BCUT2D eigenvalue weighted by atomic mass is 79.9. The molecule has 1 heterocycles. The van der Waals surface area contributed by atoms with E-state index in [4.69, 9.17) is 5.26 Å². The number of rotatable bonds is 4. The molecule has 5 rings (SSSR count). The normalized spacial score (nSPS) is 27.5. The quantitative estimate of drug-likeness (QED) is 0.763. The summed E-state index contributed by atoms with van der Waals surface area (Å²) < 4.78 is 1.98. The van der Waals surface area contributed by atoms with Gasteiger partial charge >= 0.3 is 0 Å². The zero-order valence-electron chi connectivity index (χ0n) is 16.4. The highest BCUT2D eigenvalue weighted by Gasteiger charge is 2.56. The molecule has 6 heteroatoms. The van der Waals surface area contributed by atoms with Gasteiger partial charge in [-0.3, -0.25) is 4.79 Å². The number of nitrogens with one attached hydrogen (secondary N) is 1. The molecule has 0 unspecified atom stereocenters. The molecule has 0 spiro atoms. The maximum Gasteiger partial charge on any atom is 0.283 e. The summed E-state index contributed by atoms with van der Waals surface area (Å²) in [5.41, 5.74) is 2.61. The van der Waals surface area contributed by atoms with Crippen molar-refractivity contribution in [2.24, 2.45) is 23.2 Å². The van der Waals surface area contributed by atoms with Crippen LogP contribution in [0.1, 0.15) is 44.7 Å². The van der Waals surface area contributed by atoms with Crippen molar-refractivity contribution in [3.05, 3.63) is 56.4 Å². The molecule has 2 aromatic rings. The number of hydrogen-bond acceptors (Lipinski definition) is 4. The van der Waals surface area contributed by atoms with Crippen LogP contribution in [0.5, 0.6) is 0 Å². The number of aromatic nitrogens is 2. The molecule has 0 saturated heterocycles. The van der Waals surface area contributed by atoms with Gasteiger partial charge in [-0.2, -0.15) is 10.4 Å². The predicted molar refractivity (Wildman–Crippen MR) is 113 cm³/mol. The Morgan fingerprint density at radius 2 is 2.04 bits per heavy atom. The van der Waals surface area contributed by atoms with Gasteiger partial charge in [-0.1, -0.05) is 32.9 Å². The first kappa shape index (κ1) is 19.2. The summed E-state index contributed by atoms with van der Waals surface area (Å²) in [6.07, 6.45) is 4.22. The Morgan fingerprint density at radius 3 is 2.64 bits per heavy atom. The first-order chi connectivity index (χ1) is 13.3. The molecule has 3 aliphatic carbocycles. The Labute approximate surface area is 173 Å². The van der Waals surface area contributed by atoms with Gasteiger partial charge in [0, 0.05) is 6.04 Å². The molecule has 1 aromatic heterocycles. The van der Waals surface area contributed by atoms with Gasteiger partial charge in [0.2, 0.25) is 0 Å². The van der Waals surface area contributed by atoms with E-state index >= 15 is 0 Å². The van der Waals surface area contributed by atoms with Crippen molar-refractivity contribution in [1.82, 2.24) is 9.78 Å². The Hall–Kier alpha value is -2.13. The molecule has 0 aliphatic heterocycles. The van der Waals surface area contributed by atoms with Gasteiger partial charge in [0.05, 0.1) is 30.1 Å². The molecular formula is C22H25BrN4O. The molecule has 2 bridgehead atoms. The average molecular weight is 441 g/mol. The van der Waals surface area contributed by atoms with Crippen LogP contribution in [-0.2, 0) is 6.54 Å². The topological polar surface area (TPSA) is 70.7 Å². The van der Waals surface area contributed by atoms with E-state index in [1.54, 1.807) is 18.3 Å². The number of hydrogen-bond donors (Lipinski definition) is 1. The second-order valence-corrected chi connectivity index (χ2v) is 9.64. The number of benzene rings is 1. The van der Waals surface area contributed by atoms with Crippen LogP contribution in [0, 0.1) is 34.5 Å². The SMILES string of the molecule is C[C@H]1[C@H](Nc2cnn(Cc3ccc(C#N)cc3)c(=O)c2Br)C[C@H]2C[C@@H]1C2(C)C. The van der Waals surface area contributed by atoms with Crippen LogP contribution in [0.15, 0.2) is 39.7 Å². The van der Waals surface area contributed by atoms with Crippen molar-refractivity contribution in [3.8, 4) is 6.07 Å². The minimum absolute atomic E-state index is 0.150. The van der Waals surface area contributed by atoms with Gasteiger partial charge in [-0.15, -0.1) is 0 Å². The lowest BCUT2D eigenvalue weighted by atomic mass is 9.45. The molecule has 4 atom stereocenters. The minimum Gasteiger partial charge on any atom is -0.380 e. The van der Waals surface area contributed by atoms with Gasteiger partial charge in [-0.05, 0) is 69.6 Å². The van der Waals surface area contributed by atoms with Gasteiger partial charge in [0.25, 0.3) is 5.56 Å². The van der Waals surface area contributed by atoms with Crippen molar-refractivity contribution in [3.63, 3.8) is 0 Å². The molecule has 1 N–H and O–H groups in total. The molecular weight excluding hydrogens is 416 g/mol. The Balaban J connectivity index is 1.50. The van der Waals surface area contributed by atoms with Gasteiger partial charge in [0.1, 0.15) is 4.47 Å². The van der Waals surface area contributed by atoms with Crippen LogP contribution in [0.2, 0.25) is 0 Å². The molecule has 5 nitrogen and oxygen atoms in total. The van der Waals surface area contributed by atoms with Crippen molar-refractivity contribution < 1.29 is 0 Å². The van der Waals surface area contributed by atoms with Crippen molar-refractivity contribution in [1.29, 1.82) is 5.26 Å². The second-order valence-electron chi connectivity index (χ2n) is 8.85. The van der Waals surface area contributed by atoms with E-state index in [2.05, 4.69) is 53.2 Å². The summed E-state index contributed by atoms with van der Waals surface area (Å²) in [6, 6.07) is 9.69. The Bertz CT molecular complexity index is 989. The molecule has 0 radical (unpaired) electrons. The molecule has 1 aromatic carbocycles. The maximum atomic E-state index is 12.8. The monoisotopic (exact) mass is 440 g/mol. The average Bonchev–Trinajstić information content (AvgIpc) is 2.69. The molecule has 28 heavy (non-hydrogen) atoms. The van der Waals surface area contributed by atoms with Crippen LogP contribution >= 0.6 is 15.9 Å². The lowest BCUT2D eigenvalue weighted by Crippen LogP contribution is -2.58. The molecule has 3 saturated carbocycles. The van der Waals surface area contributed by atoms with E-state index in [1.807, 2.05) is 12.1 Å². The number of fused-ring (bicyclic) bond motifs is 2. The summed E-state index contributed by atoms with van der Waals surface area (Å²) in [7, 11) is 0. The number of halogens is 1. The van der Waals surface area contributed by atoms with E-state index in [0.717, 1.165) is 29.5 Å². The van der Waals surface area contributed by atoms with Crippen LogP contribution in [0.25, 0.3) is 0 Å². The molecule has 0 amide bonds. The third kappa shape index (κ3) is 3.16. The number of nitriles is 1. The molecule has 3 aliphatic rings. The van der Waals surface area contributed by atoms with Crippen LogP contribution < -0.4 is 10.9 Å². The summed E-state index contributed by atoms with van der Waals surface area (Å²) in [5, 5.41) is 16.9. The zero-order valence-corrected chi connectivity index (χ0v) is 18.0. The van der Waals surface area contributed by atoms with Crippen molar-refractivity contribution >= 4 is 21.6 Å².